The van der Waals surface area contributed by atoms with Crippen LogP contribution >= 0.6 is 0 Å². The van der Waals surface area contributed by atoms with E-state index < -0.39 is 0 Å². The maximum atomic E-state index is 3.13. The lowest BCUT2D eigenvalue weighted by atomic mass is 10.5. The Kier molecular flexibility index (Phi) is 19.6. The van der Waals surface area contributed by atoms with Crippen molar-refractivity contribution in [3.8, 4) is 0 Å². The molecule has 0 atom stereocenters. The van der Waals surface area contributed by atoms with Crippen LogP contribution in [0.1, 0.15) is 28.7 Å². The summed E-state index contributed by atoms with van der Waals surface area (Å²) in [6.07, 6.45) is 0. The molecule has 0 radical (unpaired) electrons. The third kappa shape index (κ3) is 9.92. The van der Waals surface area contributed by atoms with Gasteiger partial charge in [-0.15, -0.1) is 0 Å². The lowest BCUT2D eigenvalue weighted by Gasteiger charge is -2.16. The first kappa shape index (κ1) is 17.1. The second-order valence-corrected chi connectivity index (χ2v) is 2.13. The molecule has 0 saturated heterocycles. The third-order valence-corrected chi connectivity index (χ3v) is 1.57. The molecule has 2 heteroatoms. The van der Waals surface area contributed by atoms with Gasteiger partial charge in [-0.25, -0.2) is 0 Å². The second-order valence-electron chi connectivity index (χ2n) is 2.13. The molecular weight excluding hydrogens is 136 g/mol. The smallest absolute Gasteiger partial charge is 0.0106 e. The van der Waals surface area contributed by atoms with Crippen LogP contribution in [0.3, 0.4) is 0 Å². The molecule has 11 heavy (non-hydrogen) atoms. The Balaban J connectivity index is -0.000000320. The van der Waals surface area contributed by atoms with E-state index >= 15 is 0 Å². The molecule has 0 aromatic rings. The van der Waals surface area contributed by atoms with Gasteiger partial charge in [-0.1, -0.05) is 28.7 Å². The molecule has 0 aliphatic carbocycles. The van der Waals surface area contributed by atoms with Crippen LogP contribution in [0.4, 0.5) is 0 Å². The minimum Gasteiger partial charge on any atom is -0.318 e. The highest BCUT2D eigenvalue weighted by atomic mass is 15.1. The van der Waals surface area contributed by atoms with Gasteiger partial charge in [0.25, 0.3) is 0 Å². The Morgan fingerprint density at radius 3 is 1.82 bits per heavy atom. The molecule has 1 N–H and O–H groups in total. The van der Waals surface area contributed by atoms with Crippen LogP contribution in [-0.2, 0) is 0 Å². The first-order valence-corrected chi connectivity index (χ1v) is 3.72. The number of nitrogens with one attached hydrogen (secondary N) is 1. The van der Waals surface area contributed by atoms with Crippen LogP contribution in [0.15, 0.2) is 0 Å². The van der Waals surface area contributed by atoms with Gasteiger partial charge < -0.3 is 10.2 Å². The van der Waals surface area contributed by atoms with Crippen LogP contribution in [0.5, 0.6) is 0 Å². The molecule has 0 aromatic heterocycles. The monoisotopic (exact) mass is 162 g/mol. The van der Waals surface area contributed by atoms with Gasteiger partial charge in [-0.05, 0) is 20.1 Å². The summed E-state index contributed by atoms with van der Waals surface area (Å²) in [5.41, 5.74) is 0. The van der Waals surface area contributed by atoms with Gasteiger partial charge in [0.1, 0.15) is 0 Å². The minimum atomic E-state index is 0. The summed E-state index contributed by atoms with van der Waals surface area (Å²) >= 11 is 0. The molecule has 0 aliphatic heterocycles. The number of hydrogen-bond acceptors (Lipinski definition) is 2. The molecule has 0 aromatic carbocycles. The van der Waals surface area contributed by atoms with E-state index in [9.17, 15) is 0 Å². The van der Waals surface area contributed by atoms with Gasteiger partial charge >= 0.3 is 0 Å². The summed E-state index contributed by atoms with van der Waals surface area (Å²) in [6, 6.07) is 0. The topological polar surface area (TPSA) is 15.3 Å². The summed E-state index contributed by atoms with van der Waals surface area (Å²) in [6.45, 7) is 8.99. The number of rotatable bonds is 5. The maximum absolute atomic E-state index is 3.13. The van der Waals surface area contributed by atoms with E-state index in [1.54, 1.807) is 0 Å². The minimum absolute atomic E-state index is 0. The van der Waals surface area contributed by atoms with Crippen LogP contribution in [0, 0.1) is 0 Å². The second kappa shape index (κ2) is 12.6. The first-order valence-electron chi connectivity index (χ1n) is 3.72. The summed E-state index contributed by atoms with van der Waals surface area (Å²) in [7, 11) is 1.99. The molecule has 0 heterocycles. The predicted octanol–water partition coefficient (Wildman–Crippen LogP) is 1.82. The van der Waals surface area contributed by atoms with Gasteiger partial charge in [-0.3, -0.25) is 0 Å². The van der Waals surface area contributed by atoms with Crippen molar-refractivity contribution in [3.63, 3.8) is 0 Å². The number of likely N-dealkylation sites (N-methyl/N-ethyl adjacent to an activating group) is 2. The fraction of sp³-hybridized carbons (Fsp3) is 1.00. The van der Waals surface area contributed by atoms with Crippen molar-refractivity contribution in [1.29, 1.82) is 0 Å². The lowest BCUT2D eigenvalue weighted by Crippen LogP contribution is -2.30. The predicted molar refractivity (Wildman–Crippen MR) is 55.2 cm³/mol. The van der Waals surface area contributed by atoms with Crippen LogP contribution in [0.25, 0.3) is 0 Å². The zero-order chi connectivity index (χ0) is 7.11. The molecule has 0 saturated carbocycles. The van der Waals surface area contributed by atoms with E-state index in [-0.39, 0.29) is 14.9 Å². The van der Waals surface area contributed by atoms with E-state index in [2.05, 4.69) is 24.1 Å². The average molecular weight is 162 g/mol. The molecular formula is C9H26N2. The Labute approximate surface area is 73.0 Å². The van der Waals surface area contributed by atoms with Crippen LogP contribution < -0.4 is 5.32 Å². The van der Waals surface area contributed by atoms with E-state index in [1.807, 2.05) is 7.05 Å². The summed E-state index contributed by atoms with van der Waals surface area (Å²) in [5.74, 6) is 0. The highest BCUT2D eigenvalue weighted by Crippen LogP contribution is 1.82. The van der Waals surface area contributed by atoms with Gasteiger partial charge in [-0.2, -0.15) is 0 Å². The van der Waals surface area contributed by atoms with E-state index in [0.29, 0.717) is 0 Å². The van der Waals surface area contributed by atoms with Crippen molar-refractivity contribution >= 4 is 0 Å². The van der Waals surface area contributed by atoms with Crippen molar-refractivity contribution in [2.45, 2.75) is 28.7 Å². The van der Waals surface area contributed by atoms with Crippen molar-refractivity contribution < 1.29 is 0 Å². The largest absolute Gasteiger partial charge is 0.318 e. The maximum Gasteiger partial charge on any atom is 0.0106 e. The molecule has 72 valence electrons. The molecule has 0 unspecified atom stereocenters. The molecule has 0 rings (SSSR count). The van der Waals surface area contributed by atoms with Gasteiger partial charge in [0.15, 0.2) is 0 Å². The molecule has 0 bridgehead atoms. The normalized spacial score (nSPS) is 8.73. The van der Waals surface area contributed by atoms with Gasteiger partial charge in [0, 0.05) is 13.1 Å². The highest BCUT2D eigenvalue weighted by Gasteiger charge is 1.94. The number of nitrogens with zero attached hydrogens (tertiary/aromatic N) is 1. The van der Waals surface area contributed by atoms with E-state index in [0.717, 1.165) is 19.6 Å². The van der Waals surface area contributed by atoms with Crippen molar-refractivity contribution in [2.24, 2.45) is 0 Å². The van der Waals surface area contributed by atoms with Gasteiger partial charge in [0.05, 0.1) is 0 Å². The number of hydrogen-bond donors (Lipinski definition) is 1. The first-order chi connectivity index (χ1) is 4.35. The zero-order valence-corrected chi connectivity index (χ0v) is 6.78. The van der Waals surface area contributed by atoms with Crippen molar-refractivity contribution in [3.05, 3.63) is 0 Å². The SMILES string of the molecule is C.C.CCN(CC)CCNC. The Morgan fingerprint density at radius 1 is 1.09 bits per heavy atom. The van der Waals surface area contributed by atoms with Crippen molar-refractivity contribution in [2.75, 3.05) is 33.2 Å². The highest BCUT2D eigenvalue weighted by molar-refractivity contribution is 4.52. The standard InChI is InChI=1S/C7H18N2.2CH4/c1-4-9(5-2)7-6-8-3;;/h8H,4-7H2,1-3H3;2*1H4. The zero-order valence-electron chi connectivity index (χ0n) is 6.78. The molecule has 2 nitrogen and oxygen atoms in total. The van der Waals surface area contributed by atoms with Crippen LogP contribution in [0.2, 0.25) is 0 Å². The fourth-order valence-electron chi connectivity index (χ4n) is 0.810. The quantitative estimate of drug-likeness (QED) is 0.663. The molecule has 0 spiro atoms. The third-order valence-electron chi connectivity index (χ3n) is 1.57. The van der Waals surface area contributed by atoms with E-state index in [1.165, 1.54) is 6.54 Å². The molecule has 0 amide bonds. The van der Waals surface area contributed by atoms with Crippen LogP contribution in [-0.4, -0.2) is 38.1 Å². The van der Waals surface area contributed by atoms with Crippen molar-refractivity contribution in [1.82, 2.24) is 10.2 Å². The molecule has 0 aliphatic rings. The average Bonchev–Trinajstić information content (AvgIpc) is 1.91. The lowest BCUT2D eigenvalue weighted by molar-refractivity contribution is 0.305. The Morgan fingerprint density at radius 2 is 1.55 bits per heavy atom. The summed E-state index contributed by atoms with van der Waals surface area (Å²) in [4.78, 5) is 2.40. The summed E-state index contributed by atoms with van der Waals surface area (Å²) < 4.78 is 0. The molecule has 0 fully saturated rings. The Hall–Kier alpha value is -0.0800. The fourth-order valence-corrected chi connectivity index (χ4v) is 0.810. The Bertz CT molecular complexity index is 51.5. The van der Waals surface area contributed by atoms with E-state index in [4.69, 9.17) is 0 Å². The van der Waals surface area contributed by atoms with Gasteiger partial charge in [0.2, 0.25) is 0 Å². The summed E-state index contributed by atoms with van der Waals surface area (Å²) in [5, 5.41) is 3.13.